The van der Waals surface area contributed by atoms with Crippen LogP contribution in [0.2, 0.25) is 0 Å². The van der Waals surface area contributed by atoms with Crippen LogP contribution < -0.4 is 5.32 Å². The van der Waals surface area contributed by atoms with E-state index >= 15 is 0 Å². The number of carbonyl (C=O) groups excluding carboxylic acids is 1. The smallest absolute Gasteiger partial charge is 0.322 e. The van der Waals surface area contributed by atoms with E-state index in [1.807, 2.05) is 48.7 Å². The summed E-state index contributed by atoms with van der Waals surface area (Å²) in [5, 5.41) is 2.95. The van der Waals surface area contributed by atoms with Gasteiger partial charge < -0.3 is 14.8 Å². The van der Waals surface area contributed by atoms with E-state index in [0.29, 0.717) is 6.54 Å². The van der Waals surface area contributed by atoms with Crippen molar-refractivity contribution in [2.75, 3.05) is 11.9 Å². The van der Waals surface area contributed by atoms with Crippen LogP contribution in [0.3, 0.4) is 0 Å². The van der Waals surface area contributed by atoms with E-state index in [0.717, 1.165) is 23.5 Å². The van der Waals surface area contributed by atoms with Gasteiger partial charge in [-0.15, -0.1) is 0 Å². The van der Waals surface area contributed by atoms with Crippen molar-refractivity contribution >= 4 is 11.7 Å². The Bertz CT molecular complexity index is 873. The fraction of sp³-hybridized carbons (Fsp3) is 0.150. The molecule has 0 aliphatic carbocycles. The van der Waals surface area contributed by atoms with Gasteiger partial charge >= 0.3 is 6.03 Å². The molecule has 1 aromatic heterocycles. The molecule has 0 saturated carbocycles. The van der Waals surface area contributed by atoms with Gasteiger partial charge in [0.2, 0.25) is 0 Å². The van der Waals surface area contributed by atoms with Crippen LogP contribution in [0.5, 0.6) is 0 Å². The van der Waals surface area contributed by atoms with Gasteiger partial charge in [0.25, 0.3) is 0 Å². The van der Waals surface area contributed by atoms with Crippen LogP contribution in [0.25, 0.3) is 0 Å². The predicted octanol–water partition coefficient (Wildman–Crippen LogP) is 4.26. The molecule has 0 saturated heterocycles. The summed E-state index contributed by atoms with van der Waals surface area (Å²) in [6.45, 7) is 1.32. The van der Waals surface area contributed by atoms with Gasteiger partial charge in [-0.1, -0.05) is 30.3 Å². The second kappa shape index (κ2) is 6.43. The third kappa shape index (κ3) is 3.01. The van der Waals surface area contributed by atoms with E-state index in [9.17, 15) is 9.18 Å². The quantitative estimate of drug-likeness (QED) is 0.746. The summed E-state index contributed by atoms with van der Waals surface area (Å²) < 4.78 is 15.5. The van der Waals surface area contributed by atoms with Crippen LogP contribution in [0, 0.1) is 5.82 Å². The topological polar surface area (TPSA) is 37.3 Å². The van der Waals surface area contributed by atoms with Gasteiger partial charge in [-0.25, -0.2) is 9.18 Å². The number of nitrogens with zero attached hydrogens (tertiary/aromatic N) is 2. The first-order chi connectivity index (χ1) is 12.2. The van der Waals surface area contributed by atoms with Gasteiger partial charge in [-0.05, 0) is 42.0 Å². The number of amides is 2. The Balaban J connectivity index is 1.68. The zero-order valence-corrected chi connectivity index (χ0v) is 13.6. The third-order valence-electron chi connectivity index (χ3n) is 4.51. The zero-order valence-electron chi connectivity index (χ0n) is 13.6. The summed E-state index contributed by atoms with van der Waals surface area (Å²) in [6, 6.07) is 19.3. The van der Waals surface area contributed by atoms with Crippen molar-refractivity contribution in [1.29, 1.82) is 0 Å². The number of benzene rings is 2. The van der Waals surface area contributed by atoms with E-state index in [2.05, 4.69) is 9.88 Å². The van der Waals surface area contributed by atoms with Crippen molar-refractivity contribution in [1.82, 2.24) is 9.47 Å². The molecule has 2 amide bonds. The Morgan fingerprint density at radius 3 is 2.48 bits per heavy atom. The Kier molecular flexibility index (Phi) is 3.98. The van der Waals surface area contributed by atoms with Gasteiger partial charge in [-0.2, -0.15) is 0 Å². The molecule has 3 aromatic rings. The molecule has 2 aromatic carbocycles. The predicted molar refractivity (Wildman–Crippen MR) is 94.8 cm³/mol. The molecule has 5 heteroatoms. The summed E-state index contributed by atoms with van der Waals surface area (Å²) in [5.41, 5.74) is 2.68. The van der Waals surface area contributed by atoms with Crippen molar-refractivity contribution in [2.24, 2.45) is 0 Å². The number of halogens is 1. The molecule has 2 heterocycles. The van der Waals surface area contributed by atoms with E-state index in [4.69, 9.17) is 0 Å². The van der Waals surface area contributed by atoms with Gasteiger partial charge in [-0.3, -0.25) is 0 Å². The first-order valence-corrected chi connectivity index (χ1v) is 8.25. The Labute approximate surface area is 145 Å². The van der Waals surface area contributed by atoms with Crippen LogP contribution in [0.15, 0.2) is 72.9 Å². The number of hydrogen-bond donors (Lipinski definition) is 1. The van der Waals surface area contributed by atoms with Crippen LogP contribution >= 0.6 is 0 Å². The first-order valence-electron chi connectivity index (χ1n) is 8.25. The van der Waals surface area contributed by atoms with Crippen molar-refractivity contribution < 1.29 is 9.18 Å². The molecule has 0 fully saturated rings. The van der Waals surface area contributed by atoms with Crippen LogP contribution in [-0.4, -0.2) is 22.0 Å². The summed E-state index contributed by atoms with van der Waals surface area (Å²) in [6.07, 6.45) is 2.01. The summed E-state index contributed by atoms with van der Waals surface area (Å²) in [5.74, 6) is -0.282. The Hall–Kier alpha value is -3.08. The molecule has 4 nitrogen and oxygen atoms in total. The van der Waals surface area contributed by atoms with E-state index in [-0.39, 0.29) is 17.9 Å². The Morgan fingerprint density at radius 1 is 0.960 bits per heavy atom. The van der Waals surface area contributed by atoms with Gasteiger partial charge in [0.05, 0.1) is 6.04 Å². The highest BCUT2D eigenvalue weighted by atomic mass is 19.1. The van der Waals surface area contributed by atoms with Crippen molar-refractivity contribution in [3.63, 3.8) is 0 Å². The average molecular weight is 335 g/mol. The fourth-order valence-corrected chi connectivity index (χ4v) is 3.31. The summed E-state index contributed by atoms with van der Waals surface area (Å²) in [4.78, 5) is 14.7. The van der Waals surface area contributed by atoms with Crippen LogP contribution in [0.4, 0.5) is 14.9 Å². The van der Waals surface area contributed by atoms with E-state index < -0.39 is 0 Å². The molecule has 0 spiro atoms. The lowest BCUT2D eigenvalue weighted by Crippen LogP contribution is -2.44. The zero-order chi connectivity index (χ0) is 17.2. The molecule has 4 rings (SSSR count). The molecule has 1 aliphatic rings. The van der Waals surface area contributed by atoms with Crippen molar-refractivity contribution in [2.45, 2.75) is 12.6 Å². The number of para-hydroxylation sites is 1. The highest BCUT2D eigenvalue weighted by Gasteiger charge is 2.32. The molecule has 126 valence electrons. The number of rotatable bonds is 2. The molecule has 1 N–H and O–H groups in total. The van der Waals surface area contributed by atoms with Crippen LogP contribution in [0.1, 0.15) is 17.3 Å². The van der Waals surface area contributed by atoms with Crippen LogP contribution in [-0.2, 0) is 6.54 Å². The number of urea groups is 1. The lowest BCUT2D eigenvalue weighted by atomic mass is 10.0. The van der Waals surface area contributed by atoms with Gasteiger partial charge in [0.1, 0.15) is 5.82 Å². The normalized spacial score (nSPS) is 16.4. The molecule has 1 aliphatic heterocycles. The highest BCUT2D eigenvalue weighted by Crippen LogP contribution is 2.33. The third-order valence-corrected chi connectivity index (χ3v) is 4.51. The van der Waals surface area contributed by atoms with Crippen molar-refractivity contribution in [3.05, 3.63) is 90.0 Å². The fourth-order valence-electron chi connectivity index (χ4n) is 3.31. The lowest BCUT2D eigenvalue weighted by molar-refractivity contribution is 0.182. The number of fused-ring (bicyclic) bond motifs is 1. The molecular weight excluding hydrogens is 317 g/mol. The molecule has 0 radical (unpaired) electrons. The molecule has 0 unspecified atom stereocenters. The van der Waals surface area contributed by atoms with Gasteiger partial charge in [0.15, 0.2) is 0 Å². The average Bonchev–Trinajstić information content (AvgIpc) is 3.11. The minimum atomic E-state index is -0.282. The molecule has 1 atom stereocenters. The number of aromatic nitrogens is 1. The SMILES string of the molecule is O=C(Nc1ccccc1)N1CCn2cccc2[C@@H]1c1ccc(F)cc1. The largest absolute Gasteiger partial charge is 0.348 e. The second-order valence-electron chi connectivity index (χ2n) is 6.07. The summed E-state index contributed by atoms with van der Waals surface area (Å²) in [7, 11) is 0. The maximum absolute atomic E-state index is 13.3. The van der Waals surface area contributed by atoms with Gasteiger partial charge in [0, 0.05) is 30.7 Å². The highest BCUT2D eigenvalue weighted by molar-refractivity contribution is 5.90. The van der Waals surface area contributed by atoms with Crippen molar-refractivity contribution in [3.8, 4) is 0 Å². The first kappa shape index (κ1) is 15.4. The second-order valence-corrected chi connectivity index (χ2v) is 6.07. The number of hydrogen-bond acceptors (Lipinski definition) is 1. The Morgan fingerprint density at radius 2 is 1.72 bits per heavy atom. The standard InChI is InChI=1S/C20H18FN3O/c21-16-10-8-15(9-11-16)19-18-7-4-12-23(18)13-14-24(19)20(25)22-17-5-2-1-3-6-17/h1-12,19H,13-14H2,(H,22,25)/t19-/m0/s1. The number of anilines is 1. The molecule has 0 bridgehead atoms. The summed E-state index contributed by atoms with van der Waals surface area (Å²) >= 11 is 0. The van der Waals surface area contributed by atoms with E-state index in [1.165, 1.54) is 12.1 Å². The maximum Gasteiger partial charge on any atom is 0.322 e. The number of carbonyl (C=O) groups is 1. The molecule has 25 heavy (non-hydrogen) atoms. The minimum Gasteiger partial charge on any atom is -0.348 e. The minimum absolute atomic E-state index is 0.159. The maximum atomic E-state index is 13.3. The lowest BCUT2D eigenvalue weighted by Gasteiger charge is -2.37. The number of nitrogens with one attached hydrogen (secondary N) is 1. The molecular formula is C20H18FN3O. The monoisotopic (exact) mass is 335 g/mol. The van der Waals surface area contributed by atoms with E-state index in [1.54, 1.807) is 17.0 Å².